The van der Waals surface area contributed by atoms with Gasteiger partial charge in [-0.25, -0.2) is 13.4 Å². The molecule has 0 radical (unpaired) electrons. The van der Waals surface area contributed by atoms with Crippen molar-refractivity contribution >= 4 is 62.1 Å². The number of hydrogen-bond donors (Lipinski definition) is 6. The van der Waals surface area contributed by atoms with Crippen molar-refractivity contribution in [2.45, 2.75) is 56.2 Å². The fraction of sp³-hybridized carbons (Fsp3) is 0.231. The number of methoxy groups -OCH3 is 1. The number of halogens is 1. The summed E-state index contributed by atoms with van der Waals surface area (Å²) in [6.07, 6.45) is 1.48. The zero-order valence-electron chi connectivity index (χ0n) is 30.2. The van der Waals surface area contributed by atoms with Gasteiger partial charge >= 0.3 is 0 Å². The van der Waals surface area contributed by atoms with Crippen LogP contribution in [0.1, 0.15) is 55.1 Å². The summed E-state index contributed by atoms with van der Waals surface area (Å²) in [5.41, 5.74) is 2.16. The molecule has 0 bridgehead atoms. The summed E-state index contributed by atoms with van der Waals surface area (Å²) >= 11 is 6.43. The Balaban J connectivity index is 1.40. The van der Waals surface area contributed by atoms with Crippen LogP contribution in [0.4, 0.5) is 28.8 Å². The average molecular weight is 773 g/mol. The number of sulfone groups is 1. The largest absolute Gasteiger partial charge is 0.508 e. The second-order valence-corrected chi connectivity index (χ2v) is 15.8. The summed E-state index contributed by atoms with van der Waals surface area (Å²) in [7, 11) is -2.17. The van der Waals surface area contributed by atoms with Crippen LogP contribution in [0.2, 0.25) is 5.02 Å². The number of aromatic nitrogens is 2. The van der Waals surface area contributed by atoms with E-state index in [2.05, 4.69) is 31.2 Å². The Hall–Kier alpha value is -5.86. The third kappa shape index (κ3) is 9.19. The molecule has 15 heteroatoms. The molecule has 0 fully saturated rings. The van der Waals surface area contributed by atoms with Gasteiger partial charge in [-0.05, 0) is 67.3 Å². The Labute approximate surface area is 318 Å². The number of hydrogen-bond acceptors (Lipinski definition) is 11. The van der Waals surface area contributed by atoms with Crippen molar-refractivity contribution in [2.75, 3.05) is 23.1 Å². The maximum absolute atomic E-state index is 13.8. The second kappa shape index (κ2) is 16.9. The van der Waals surface area contributed by atoms with E-state index in [1.165, 1.54) is 25.4 Å². The van der Waals surface area contributed by atoms with Crippen LogP contribution >= 0.6 is 11.6 Å². The summed E-state index contributed by atoms with van der Waals surface area (Å²) in [5.74, 6) is -1.34. The highest BCUT2D eigenvalue weighted by molar-refractivity contribution is 7.92. The molecule has 1 unspecified atom stereocenters. The number of nitrogens with one attached hydrogen (secondary N) is 4. The van der Waals surface area contributed by atoms with Crippen LogP contribution in [-0.2, 0) is 21.1 Å². The maximum Gasteiger partial charge on any atom is 0.255 e. The van der Waals surface area contributed by atoms with Crippen molar-refractivity contribution in [3.05, 3.63) is 113 Å². The number of phenols is 2. The first-order chi connectivity index (χ1) is 25.7. The Morgan fingerprint density at radius 3 is 2.26 bits per heavy atom. The summed E-state index contributed by atoms with van der Waals surface area (Å²) in [6.45, 7) is 6.88. The zero-order chi connectivity index (χ0) is 39.2. The number of ether oxygens (including phenoxy) is 1. The van der Waals surface area contributed by atoms with Crippen molar-refractivity contribution in [3.63, 3.8) is 0 Å². The number of aromatic hydroxyl groups is 2. The molecule has 1 atom stereocenters. The highest BCUT2D eigenvalue weighted by Gasteiger charge is 2.26. The summed E-state index contributed by atoms with van der Waals surface area (Å²) in [6, 6.07) is 21.8. The number of benzene rings is 4. The topological polar surface area (TPSA) is 192 Å². The number of carbonyl (C=O) groups is 2. The fourth-order valence-corrected chi connectivity index (χ4v) is 6.82. The molecule has 0 aliphatic carbocycles. The molecule has 1 aromatic heterocycles. The SMILES string of the molecule is COc1ccc(NC(=O)C(Cc2ccccc2)NC(=O)c2cc(C(C)C)c(O)cc2O)cc1Nc1ncc(Cl)c(Nc2ccccc2S(=O)(=O)C(C)C)n1. The van der Waals surface area contributed by atoms with E-state index in [9.17, 15) is 28.2 Å². The summed E-state index contributed by atoms with van der Waals surface area (Å²) in [5, 5.41) is 32.0. The van der Waals surface area contributed by atoms with Gasteiger partial charge in [0, 0.05) is 18.2 Å². The first-order valence-electron chi connectivity index (χ1n) is 17.0. The Morgan fingerprint density at radius 2 is 1.57 bits per heavy atom. The van der Waals surface area contributed by atoms with Gasteiger partial charge in [0.15, 0.2) is 15.7 Å². The van der Waals surface area contributed by atoms with Gasteiger partial charge < -0.3 is 36.2 Å². The molecule has 282 valence electrons. The number of amides is 2. The molecule has 0 saturated carbocycles. The Kier molecular flexibility index (Phi) is 12.3. The normalized spacial score (nSPS) is 11.9. The Morgan fingerprint density at radius 1 is 0.870 bits per heavy atom. The summed E-state index contributed by atoms with van der Waals surface area (Å²) in [4.78, 5) is 36.2. The lowest BCUT2D eigenvalue weighted by molar-refractivity contribution is -0.118. The molecule has 0 aliphatic heterocycles. The maximum atomic E-state index is 13.8. The molecule has 5 rings (SSSR count). The minimum atomic E-state index is -3.64. The molecule has 0 spiro atoms. The quantitative estimate of drug-likeness (QED) is 0.0663. The van der Waals surface area contributed by atoms with Gasteiger partial charge in [-0.3, -0.25) is 9.59 Å². The average Bonchev–Trinajstić information content (AvgIpc) is 3.13. The van der Waals surface area contributed by atoms with Crippen LogP contribution in [0.15, 0.2) is 96.0 Å². The van der Waals surface area contributed by atoms with E-state index >= 15 is 0 Å². The lowest BCUT2D eigenvalue weighted by Crippen LogP contribution is -2.45. The summed E-state index contributed by atoms with van der Waals surface area (Å²) < 4.78 is 31.6. The van der Waals surface area contributed by atoms with Crippen LogP contribution in [0.25, 0.3) is 0 Å². The molecule has 5 aromatic rings. The van der Waals surface area contributed by atoms with Gasteiger partial charge in [0.05, 0.1) is 40.4 Å². The van der Waals surface area contributed by atoms with Crippen molar-refractivity contribution in [3.8, 4) is 17.2 Å². The lowest BCUT2D eigenvalue weighted by Gasteiger charge is -2.20. The molecule has 6 N–H and O–H groups in total. The lowest BCUT2D eigenvalue weighted by atomic mass is 9.98. The predicted molar refractivity (Wildman–Crippen MR) is 209 cm³/mol. The van der Waals surface area contributed by atoms with Gasteiger partial charge in [0.1, 0.15) is 28.3 Å². The van der Waals surface area contributed by atoms with Crippen LogP contribution < -0.4 is 26.0 Å². The van der Waals surface area contributed by atoms with Gasteiger partial charge in [-0.2, -0.15) is 4.98 Å². The minimum Gasteiger partial charge on any atom is -0.508 e. The fourth-order valence-electron chi connectivity index (χ4n) is 5.48. The smallest absolute Gasteiger partial charge is 0.255 e. The molecule has 13 nitrogen and oxygen atoms in total. The first-order valence-corrected chi connectivity index (χ1v) is 18.9. The van der Waals surface area contributed by atoms with Gasteiger partial charge in [-0.1, -0.05) is 67.9 Å². The van der Waals surface area contributed by atoms with E-state index in [1.54, 1.807) is 50.2 Å². The van der Waals surface area contributed by atoms with Crippen molar-refractivity contribution in [1.82, 2.24) is 15.3 Å². The third-order valence-electron chi connectivity index (χ3n) is 8.44. The third-order valence-corrected chi connectivity index (χ3v) is 10.9. The highest BCUT2D eigenvalue weighted by Crippen LogP contribution is 2.34. The standard InChI is InChI=1S/C39H41ClN6O7S/c1-22(2)26-19-27(33(48)20-32(26)47)37(49)44-31(17-24-11-7-6-8-12-24)38(50)42-25-15-16-34(53-5)30(18-25)45-39-41-21-28(40)36(46-39)43-29-13-9-10-14-35(29)54(51,52)23(3)4/h6-16,18-23,31,47-48H,17H2,1-5H3,(H,42,50)(H,44,49)(H2,41,43,45,46). The van der Waals surface area contributed by atoms with Crippen LogP contribution in [0.3, 0.4) is 0 Å². The number of carbonyl (C=O) groups excluding carboxylic acids is 2. The van der Waals surface area contributed by atoms with Crippen molar-refractivity contribution < 1.29 is 33.0 Å². The van der Waals surface area contributed by atoms with Gasteiger partial charge in [0.2, 0.25) is 11.9 Å². The molecule has 4 aromatic carbocycles. The van der Waals surface area contributed by atoms with Gasteiger partial charge in [-0.15, -0.1) is 0 Å². The zero-order valence-corrected chi connectivity index (χ0v) is 31.8. The number of para-hydroxylation sites is 1. The van der Waals surface area contributed by atoms with E-state index in [1.807, 2.05) is 44.2 Å². The number of anilines is 5. The predicted octanol–water partition coefficient (Wildman–Crippen LogP) is 7.32. The van der Waals surface area contributed by atoms with E-state index in [0.29, 0.717) is 22.7 Å². The van der Waals surface area contributed by atoms with Crippen molar-refractivity contribution in [2.24, 2.45) is 0 Å². The molecule has 0 aliphatic rings. The van der Waals surface area contributed by atoms with Crippen LogP contribution in [-0.4, -0.2) is 58.8 Å². The van der Waals surface area contributed by atoms with E-state index in [-0.39, 0.29) is 51.0 Å². The second-order valence-electron chi connectivity index (χ2n) is 12.9. The first kappa shape index (κ1) is 39.3. The molecular formula is C39H41ClN6O7S. The number of nitrogens with zero attached hydrogens (tertiary/aromatic N) is 2. The molecule has 2 amide bonds. The monoisotopic (exact) mass is 772 g/mol. The van der Waals surface area contributed by atoms with Gasteiger partial charge in [0.25, 0.3) is 5.91 Å². The van der Waals surface area contributed by atoms with E-state index in [4.69, 9.17) is 16.3 Å². The van der Waals surface area contributed by atoms with E-state index in [0.717, 1.165) is 11.6 Å². The Bertz CT molecular complexity index is 2270. The molecule has 1 heterocycles. The molecule has 0 saturated heterocycles. The number of phenolic OH excluding ortho intramolecular Hbond substituents is 2. The van der Waals surface area contributed by atoms with Crippen molar-refractivity contribution in [1.29, 1.82) is 0 Å². The molecular weight excluding hydrogens is 732 g/mol. The minimum absolute atomic E-state index is 0.0802. The van der Waals surface area contributed by atoms with Crippen LogP contribution in [0.5, 0.6) is 17.2 Å². The van der Waals surface area contributed by atoms with Crippen LogP contribution in [0, 0.1) is 0 Å². The molecule has 54 heavy (non-hydrogen) atoms. The number of rotatable bonds is 14. The van der Waals surface area contributed by atoms with E-state index < -0.39 is 38.7 Å². The highest BCUT2D eigenvalue weighted by atomic mass is 35.5.